The van der Waals surface area contributed by atoms with Gasteiger partial charge in [0.05, 0.1) is 0 Å². The average Bonchev–Trinajstić information content (AvgIpc) is 2.71. The number of benzene rings is 1. The zero-order chi connectivity index (χ0) is 15.9. The van der Waals surface area contributed by atoms with Crippen LogP contribution in [-0.2, 0) is 26.9 Å². The molecule has 6 heteroatoms. The summed E-state index contributed by atoms with van der Waals surface area (Å²) >= 11 is 2.36. The zero-order valence-corrected chi connectivity index (χ0v) is 21.2. The summed E-state index contributed by atoms with van der Waals surface area (Å²) in [4.78, 5) is 0. The van der Waals surface area contributed by atoms with Crippen molar-refractivity contribution >= 4 is 21.3 Å². The SMILES string of the molecule is C[Si](C)(C)C1=C[C]([Ti+3])(Cc2ccc([Si](C)(C)C)cc2)C=C1.[Cl-].[Cl-].[Cl-]. The van der Waals surface area contributed by atoms with Gasteiger partial charge in [0.25, 0.3) is 0 Å². The Balaban J connectivity index is 0. The van der Waals surface area contributed by atoms with Crippen LogP contribution < -0.4 is 42.4 Å². The van der Waals surface area contributed by atoms with E-state index in [2.05, 4.69) is 102 Å². The van der Waals surface area contributed by atoms with Crippen molar-refractivity contribution in [3.8, 4) is 0 Å². The summed E-state index contributed by atoms with van der Waals surface area (Å²) in [5, 5.41) is 3.15. The third kappa shape index (κ3) is 7.15. The molecule has 0 fully saturated rings. The molecule has 0 saturated carbocycles. The Hall–Kier alpha value is 0.718. The van der Waals surface area contributed by atoms with Crippen LogP contribution in [0.15, 0.2) is 47.7 Å². The third-order valence-corrected chi connectivity index (χ3v) is 9.03. The Morgan fingerprint density at radius 1 is 0.833 bits per heavy atom. The molecule has 0 heterocycles. The van der Waals surface area contributed by atoms with Gasteiger partial charge in [0.15, 0.2) is 0 Å². The van der Waals surface area contributed by atoms with Crippen LogP contribution in [0, 0.1) is 0 Å². The standard InChI is InChI=1S/C18H27Si2.3ClH.Ti/c1-19(2,3)17-10-7-15(8-11-17)13-16-9-12-18(14-16)20(4,5)6;;;;/h7-12,14H,13H2,1-6H3;3*1H;/q;;;;+3/p-3. The van der Waals surface area contributed by atoms with Crippen LogP contribution in [0.5, 0.6) is 0 Å². The van der Waals surface area contributed by atoms with Gasteiger partial charge < -0.3 is 37.2 Å². The van der Waals surface area contributed by atoms with E-state index in [4.69, 9.17) is 0 Å². The van der Waals surface area contributed by atoms with Gasteiger partial charge in [-0.1, -0.05) is 0 Å². The molecule has 0 radical (unpaired) electrons. The smallest absolute Gasteiger partial charge is 1.00 e. The summed E-state index contributed by atoms with van der Waals surface area (Å²) in [7, 11) is -2.36. The van der Waals surface area contributed by atoms with E-state index in [-0.39, 0.29) is 40.9 Å². The van der Waals surface area contributed by atoms with E-state index in [1.165, 1.54) is 5.56 Å². The predicted molar refractivity (Wildman–Crippen MR) is 96.4 cm³/mol. The molecule has 24 heavy (non-hydrogen) atoms. The molecule has 0 bridgehead atoms. The van der Waals surface area contributed by atoms with E-state index in [9.17, 15) is 0 Å². The minimum Gasteiger partial charge on any atom is -1.00 e. The van der Waals surface area contributed by atoms with E-state index in [1.807, 2.05) is 0 Å². The van der Waals surface area contributed by atoms with Crippen molar-refractivity contribution in [3.05, 3.63) is 53.3 Å². The first kappa shape index (κ1) is 26.9. The Labute approximate surface area is 180 Å². The summed E-state index contributed by atoms with van der Waals surface area (Å²) in [5.41, 5.74) is 1.46. The van der Waals surface area contributed by atoms with Crippen LogP contribution in [0.3, 0.4) is 0 Å². The molecular formula is C18H27Cl3Si2Ti. The van der Waals surface area contributed by atoms with Crippen LogP contribution in [0.25, 0.3) is 0 Å². The molecular weight excluding hydrogens is 427 g/mol. The molecule has 0 spiro atoms. The second-order valence-corrected chi connectivity index (χ2v) is 20.0. The van der Waals surface area contributed by atoms with Crippen LogP contribution in [0.1, 0.15) is 5.56 Å². The maximum atomic E-state index is 2.52. The van der Waals surface area contributed by atoms with Gasteiger partial charge in [-0.2, -0.15) is 0 Å². The molecule has 1 unspecified atom stereocenters. The van der Waals surface area contributed by atoms with Gasteiger partial charge in [0.2, 0.25) is 0 Å². The van der Waals surface area contributed by atoms with E-state index >= 15 is 0 Å². The van der Waals surface area contributed by atoms with Gasteiger partial charge >= 0.3 is 144 Å². The number of rotatable bonds is 4. The fourth-order valence-electron chi connectivity index (χ4n) is 2.65. The van der Waals surface area contributed by atoms with Crippen molar-refractivity contribution < 1.29 is 57.7 Å². The monoisotopic (exact) mass is 452 g/mol. The molecule has 0 nitrogen and oxygen atoms in total. The average molecular weight is 454 g/mol. The molecule has 1 atom stereocenters. The van der Waals surface area contributed by atoms with Gasteiger partial charge in [0, 0.05) is 0 Å². The first-order valence-electron chi connectivity index (χ1n) is 7.77. The number of halogens is 3. The maximum absolute atomic E-state index is 2.52. The number of hydrogen-bond acceptors (Lipinski definition) is 0. The minimum absolute atomic E-state index is 0. The second kappa shape index (κ2) is 9.60. The Bertz CT molecular complexity index is 584. The molecule has 0 aromatic heterocycles. The van der Waals surface area contributed by atoms with Gasteiger partial charge in [-0.15, -0.1) is 0 Å². The van der Waals surface area contributed by atoms with Crippen molar-refractivity contribution in [2.24, 2.45) is 0 Å². The molecule has 132 valence electrons. The topological polar surface area (TPSA) is 0 Å². The molecule has 1 aromatic rings. The molecule has 0 saturated heterocycles. The van der Waals surface area contributed by atoms with Crippen LogP contribution >= 0.6 is 0 Å². The van der Waals surface area contributed by atoms with Crippen molar-refractivity contribution in [1.82, 2.24) is 0 Å². The van der Waals surface area contributed by atoms with Crippen molar-refractivity contribution in [2.45, 2.75) is 49.4 Å². The quantitative estimate of drug-likeness (QED) is 0.406. The Kier molecular flexibility index (Phi) is 10.8. The van der Waals surface area contributed by atoms with Gasteiger partial charge in [-0.05, 0) is 0 Å². The van der Waals surface area contributed by atoms with Crippen LogP contribution in [-0.4, -0.2) is 16.1 Å². The molecule has 1 aliphatic rings. The van der Waals surface area contributed by atoms with Crippen LogP contribution in [0.4, 0.5) is 0 Å². The molecule has 0 aliphatic heterocycles. The summed E-state index contributed by atoms with van der Waals surface area (Å²) < 4.78 is 0.205. The largest absolute Gasteiger partial charge is 1.00 e. The molecule has 1 aromatic carbocycles. The minimum atomic E-state index is -1.18. The molecule has 0 N–H and O–H groups in total. The first-order valence-corrected chi connectivity index (χ1v) is 15.5. The first-order chi connectivity index (χ1) is 9.50. The van der Waals surface area contributed by atoms with Gasteiger partial charge in [-0.3, -0.25) is 0 Å². The summed E-state index contributed by atoms with van der Waals surface area (Å²) in [6.07, 6.45) is 8.42. The van der Waals surface area contributed by atoms with Gasteiger partial charge in [-0.25, -0.2) is 0 Å². The van der Waals surface area contributed by atoms with Crippen LogP contribution in [0.2, 0.25) is 43.0 Å². The second-order valence-electron chi connectivity index (χ2n) is 8.35. The molecule has 2 rings (SSSR count). The van der Waals surface area contributed by atoms with Crippen molar-refractivity contribution in [1.29, 1.82) is 0 Å². The normalized spacial score (nSPS) is 19.8. The fraction of sp³-hybridized carbons (Fsp3) is 0.444. The van der Waals surface area contributed by atoms with Crippen molar-refractivity contribution in [2.75, 3.05) is 0 Å². The van der Waals surface area contributed by atoms with Crippen molar-refractivity contribution in [3.63, 3.8) is 0 Å². The predicted octanol–water partition coefficient (Wildman–Crippen LogP) is -4.13. The van der Waals surface area contributed by atoms with E-state index in [0.29, 0.717) is 0 Å². The summed E-state index contributed by atoms with van der Waals surface area (Å²) in [5.74, 6) is 0. The zero-order valence-electron chi connectivity index (χ0n) is 15.4. The third-order valence-electron chi connectivity index (χ3n) is 4.16. The number of allylic oxidation sites excluding steroid dienone is 4. The van der Waals surface area contributed by atoms with E-state index in [0.717, 1.165) is 6.42 Å². The molecule has 0 amide bonds. The maximum Gasteiger partial charge on any atom is -1.00 e. The summed E-state index contributed by atoms with van der Waals surface area (Å²) in [6.45, 7) is 14.5. The van der Waals surface area contributed by atoms with Gasteiger partial charge in [0.1, 0.15) is 0 Å². The van der Waals surface area contributed by atoms with E-state index < -0.39 is 16.1 Å². The Morgan fingerprint density at radius 2 is 1.33 bits per heavy atom. The fourth-order valence-corrected chi connectivity index (χ4v) is 6.01. The Morgan fingerprint density at radius 3 is 1.71 bits per heavy atom. The number of hydrogen-bond donors (Lipinski definition) is 0. The van der Waals surface area contributed by atoms with E-state index in [1.54, 1.807) is 10.4 Å². The summed E-state index contributed by atoms with van der Waals surface area (Å²) in [6, 6.07) is 9.39. The molecule has 1 aliphatic carbocycles.